The highest BCUT2D eigenvalue weighted by atomic mass is 32.1. The van der Waals surface area contributed by atoms with Crippen LogP contribution in [0.2, 0.25) is 0 Å². The molecule has 0 spiro atoms. The predicted octanol–water partition coefficient (Wildman–Crippen LogP) is 4.61. The third kappa shape index (κ3) is 2.44. The monoisotopic (exact) mass is 259 g/mol. The van der Waals surface area contributed by atoms with Crippen molar-refractivity contribution in [2.24, 2.45) is 0 Å². The number of hydrogen-bond acceptors (Lipinski definition) is 2. The average molecular weight is 259 g/mol. The van der Waals surface area contributed by atoms with E-state index in [1.807, 2.05) is 26.8 Å². The zero-order valence-electron chi connectivity index (χ0n) is 9.72. The van der Waals surface area contributed by atoms with Gasteiger partial charge in [0.25, 0.3) is 0 Å². The van der Waals surface area contributed by atoms with E-state index in [9.17, 15) is 13.2 Å². The molecule has 1 aromatic carbocycles. The van der Waals surface area contributed by atoms with E-state index in [4.69, 9.17) is 0 Å². The summed E-state index contributed by atoms with van der Waals surface area (Å²) in [5.41, 5.74) is 1.36. The molecule has 1 nitrogen and oxygen atoms in total. The van der Waals surface area contributed by atoms with Gasteiger partial charge < -0.3 is 0 Å². The topological polar surface area (TPSA) is 12.9 Å². The Kier molecular flexibility index (Phi) is 2.69. The van der Waals surface area contributed by atoms with E-state index in [0.29, 0.717) is 21.6 Å². The van der Waals surface area contributed by atoms with Crippen molar-refractivity contribution in [2.45, 2.75) is 32.4 Å². The SMILES string of the molecule is CC(C)(C)c1ccc2nc(C(F)(F)F)sc2c1. The molecule has 5 heteroatoms. The molecular weight excluding hydrogens is 247 g/mol. The number of thiazole rings is 1. The normalized spacial score (nSPS) is 13.3. The van der Waals surface area contributed by atoms with Crippen LogP contribution in [0.25, 0.3) is 10.2 Å². The fraction of sp³-hybridized carbons (Fsp3) is 0.417. The smallest absolute Gasteiger partial charge is 0.232 e. The van der Waals surface area contributed by atoms with Crippen LogP contribution in [-0.4, -0.2) is 4.98 Å². The van der Waals surface area contributed by atoms with Gasteiger partial charge in [-0.3, -0.25) is 0 Å². The molecule has 0 saturated heterocycles. The van der Waals surface area contributed by atoms with Crippen molar-refractivity contribution in [2.75, 3.05) is 0 Å². The van der Waals surface area contributed by atoms with Crippen molar-refractivity contribution in [1.82, 2.24) is 4.98 Å². The molecule has 2 aromatic rings. The zero-order chi connectivity index (χ0) is 12.8. The maximum absolute atomic E-state index is 12.5. The first-order valence-corrected chi connectivity index (χ1v) is 5.98. The first-order chi connectivity index (χ1) is 7.68. The molecular formula is C12H12F3NS. The van der Waals surface area contributed by atoms with Crippen LogP contribution in [0.1, 0.15) is 31.3 Å². The summed E-state index contributed by atoms with van der Waals surface area (Å²) in [6, 6.07) is 5.28. The minimum absolute atomic E-state index is 0.0728. The number of alkyl halides is 3. The summed E-state index contributed by atoms with van der Waals surface area (Å²) in [5.74, 6) is 0. The highest BCUT2D eigenvalue weighted by Gasteiger charge is 2.35. The van der Waals surface area contributed by atoms with Gasteiger partial charge in [0.05, 0.1) is 10.2 Å². The molecule has 0 N–H and O–H groups in total. The van der Waals surface area contributed by atoms with Crippen LogP contribution in [-0.2, 0) is 11.6 Å². The number of halogens is 3. The summed E-state index contributed by atoms with van der Waals surface area (Å²) in [4.78, 5) is 3.60. The van der Waals surface area contributed by atoms with Crippen LogP contribution in [0.4, 0.5) is 13.2 Å². The maximum atomic E-state index is 12.5. The van der Waals surface area contributed by atoms with Crippen molar-refractivity contribution >= 4 is 21.6 Å². The molecule has 0 atom stereocenters. The summed E-state index contributed by atoms with van der Waals surface area (Å²) in [7, 11) is 0. The van der Waals surface area contributed by atoms with E-state index in [0.717, 1.165) is 5.56 Å². The van der Waals surface area contributed by atoms with Crippen LogP contribution < -0.4 is 0 Å². The Morgan fingerprint density at radius 1 is 1.12 bits per heavy atom. The maximum Gasteiger partial charge on any atom is 0.443 e. The first-order valence-electron chi connectivity index (χ1n) is 5.16. The molecule has 0 radical (unpaired) electrons. The van der Waals surface area contributed by atoms with Crippen molar-refractivity contribution in [3.63, 3.8) is 0 Å². The molecule has 2 rings (SSSR count). The summed E-state index contributed by atoms with van der Waals surface area (Å²) in [5, 5.41) is -0.779. The fourth-order valence-corrected chi connectivity index (χ4v) is 2.38. The lowest BCUT2D eigenvalue weighted by Crippen LogP contribution is -2.10. The van der Waals surface area contributed by atoms with Gasteiger partial charge in [-0.1, -0.05) is 26.8 Å². The van der Waals surface area contributed by atoms with Gasteiger partial charge in [-0.05, 0) is 23.1 Å². The zero-order valence-corrected chi connectivity index (χ0v) is 10.5. The van der Waals surface area contributed by atoms with Gasteiger partial charge >= 0.3 is 6.18 Å². The van der Waals surface area contributed by atoms with Gasteiger partial charge in [-0.2, -0.15) is 13.2 Å². The number of benzene rings is 1. The van der Waals surface area contributed by atoms with Gasteiger partial charge in [0.1, 0.15) is 0 Å². The molecule has 0 aliphatic heterocycles. The van der Waals surface area contributed by atoms with E-state index in [1.165, 1.54) is 0 Å². The number of aromatic nitrogens is 1. The minimum atomic E-state index is -4.36. The van der Waals surface area contributed by atoms with Gasteiger partial charge in [0, 0.05) is 0 Å². The van der Waals surface area contributed by atoms with Crippen LogP contribution in [0.5, 0.6) is 0 Å². The second-order valence-corrected chi connectivity index (χ2v) is 5.98. The lowest BCUT2D eigenvalue weighted by Gasteiger charge is -2.18. The molecule has 0 aliphatic carbocycles. The van der Waals surface area contributed by atoms with Crippen molar-refractivity contribution < 1.29 is 13.2 Å². The Morgan fingerprint density at radius 2 is 1.76 bits per heavy atom. The summed E-state index contributed by atoms with van der Waals surface area (Å²) in [6.45, 7) is 6.08. The van der Waals surface area contributed by atoms with Crippen LogP contribution in [0.3, 0.4) is 0 Å². The lowest BCUT2D eigenvalue weighted by atomic mass is 9.87. The number of fused-ring (bicyclic) bond motifs is 1. The highest BCUT2D eigenvalue weighted by molar-refractivity contribution is 7.18. The predicted molar refractivity (Wildman–Crippen MR) is 63.3 cm³/mol. The summed E-state index contributed by atoms with van der Waals surface area (Å²) in [6.07, 6.45) is -4.36. The molecule has 1 heterocycles. The largest absolute Gasteiger partial charge is 0.443 e. The summed E-state index contributed by atoms with van der Waals surface area (Å²) < 4.78 is 38.1. The average Bonchev–Trinajstić information content (AvgIpc) is 2.57. The second kappa shape index (κ2) is 3.70. The van der Waals surface area contributed by atoms with E-state index in [1.54, 1.807) is 12.1 Å². The third-order valence-corrected chi connectivity index (χ3v) is 3.56. The molecule has 1 aromatic heterocycles. The van der Waals surface area contributed by atoms with E-state index >= 15 is 0 Å². The first kappa shape index (κ1) is 12.4. The van der Waals surface area contributed by atoms with Gasteiger partial charge in [-0.15, -0.1) is 11.3 Å². The molecule has 0 unspecified atom stereocenters. The fourth-order valence-electron chi connectivity index (χ4n) is 1.51. The van der Waals surface area contributed by atoms with Crippen LogP contribution in [0, 0.1) is 0 Å². The second-order valence-electron chi connectivity index (χ2n) is 4.95. The minimum Gasteiger partial charge on any atom is -0.232 e. The van der Waals surface area contributed by atoms with Gasteiger partial charge in [0.15, 0.2) is 5.01 Å². The standard InChI is InChI=1S/C12H12F3NS/c1-11(2,3)7-4-5-8-9(6-7)17-10(16-8)12(13,14)15/h4-6H,1-3H3. The quantitative estimate of drug-likeness (QED) is 0.673. The van der Waals surface area contributed by atoms with E-state index < -0.39 is 11.2 Å². The van der Waals surface area contributed by atoms with Gasteiger partial charge in [-0.25, -0.2) is 4.98 Å². The highest BCUT2D eigenvalue weighted by Crippen LogP contribution is 2.36. The third-order valence-electron chi connectivity index (χ3n) is 2.50. The summed E-state index contributed by atoms with van der Waals surface area (Å²) >= 11 is 0.698. The number of hydrogen-bond donors (Lipinski definition) is 0. The number of nitrogens with zero attached hydrogens (tertiary/aromatic N) is 1. The Bertz CT molecular complexity index is 537. The Labute approximate surface area is 101 Å². The lowest BCUT2D eigenvalue weighted by molar-refractivity contribution is -0.137. The van der Waals surface area contributed by atoms with Gasteiger partial charge in [0.2, 0.25) is 0 Å². The molecule has 0 aliphatic rings. The Morgan fingerprint density at radius 3 is 2.29 bits per heavy atom. The Hall–Kier alpha value is -1.10. The van der Waals surface area contributed by atoms with E-state index in [-0.39, 0.29) is 5.41 Å². The van der Waals surface area contributed by atoms with Crippen molar-refractivity contribution in [3.8, 4) is 0 Å². The molecule has 0 amide bonds. The molecule has 17 heavy (non-hydrogen) atoms. The van der Waals surface area contributed by atoms with E-state index in [2.05, 4.69) is 4.98 Å². The molecule has 0 saturated carbocycles. The van der Waals surface area contributed by atoms with Crippen LogP contribution in [0.15, 0.2) is 18.2 Å². The van der Waals surface area contributed by atoms with Crippen molar-refractivity contribution in [1.29, 1.82) is 0 Å². The molecule has 92 valence electrons. The molecule has 0 bridgehead atoms. The van der Waals surface area contributed by atoms with Crippen LogP contribution >= 0.6 is 11.3 Å². The number of rotatable bonds is 0. The van der Waals surface area contributed by atoms with Crippen molar-refractivity contribution in [3.05, 3.63) is 28.8 Å². The Balaban J connectivity index is 2.56. The molecule has 0 fully saturated rings.